The van der Waals surface area contributed by atoms with E-state index in [-0.39, 0.29) is 26.1 Å². The first-order chi connectivity index (χ1) is 29.3. The van der Waals surface area contributed by atoms with Crippen LogP contribution in [-0.4, -0.2) is 95.3 Å². The van der Waals surface area contributed by atoms with Crippen molar-refractivity contribution in [1.29, 1.82) is 0 Å². The van der Waals surface area contributed by atoms with E-state index in [9.17, 15) is 34.8 Å². The molecule has 0 saturated carbocycles. The first-order valence-corrected chi connectivity index (χ1v) is 22.5. The Morgan fingerprint density at radius 3 is 1.43 bits per heavy atom. The van der Waals surface area contributed by atoms with Crippen LogP contribution in [0.2, 0.25) is 0 Å². The zero-order chi connectivity index (χ0) is 45.9. The number of hydrogen-bond acceptors (Lipinski definition) is 11. The maximum atomic E-state index is 10.6. The van der Waals surface area contributed by atoms with Crippen LogP contribution in [0.25, 0.3) is 6.08 Å². The summed E-state index contributed by atoms with van der Waals surface area (Å²) in [6.07, 6.45) is 33.1. The van der Waals surface area contributed by atoms with Crippen molar-refractivity contribution in [2.24, 2.45) is 0 Å². The van der Waals surface area contributed by atoms with Crippen LogP contribution in [0.1, 0.15) is 174 Å². The maximum Gasteiger partial charge on any atom is 0.328 e. The fourth-order valence-electron chi connectivity index (χ4n) is 6.30. The molecule has 1 aromatic carbocycles. The number of hydrogen-bond donors (Lipinski definition) is 5. The number of terminal acetylenes is 1. The lowest BCUT2D eigenvalue weighted by Crippen LogP contribution is -2.23. The number of ether oxygens (including phenoxy) is 4. The molecule has 0 fully saturated rings. The number of unbranched alkanes of at least 4 members (excludes halogenated alkanes) is 18. The smallest absolute Gasteiger partial charge is 0.328 e. The molecular weight excluding hydrogens is 781 g/mol. The average Bonchev–Trinajstić information content (AvgIpc) is 3.22. The van der Waals surface area contributed by atoms with Crippen LogP contribution in [0.4, 0.5) is 0 Å². The fourth-order valence-corrected chi connectivity index (χ4v) is 6.30. The third kappa shape index (κ3) is 42.6. The SMILES string of the molecule is C#CCCCCCCCCCCCC(O)CC(O)COC(C)=O.C=CCCCCCCCCCCCC(O)CC(O)COC(C)=O.COc1ccc(C=CC(=O)O)cc1OC. The van der Waals surface area contributed by atoms with Gasteiger partial charge >= 0.3 is 17.9 Å². The Bertz CT molecular complexity index is 1310. The fraction of sp³-hybridized carbons (Fsp3) is 0.694. The van der Waals surface area contributed by atoms with Crippen molar-refractivity contribution in [2.45, 2.75) is 192 Å². The third-order valence-corrected chi connectivity index (χ3v) is 9.68. The molecule has 1 rings (SSSR count). The standard InChI is InChI=1S/C19H36O4.C19H34O4.C11H12O4/c2*1-3-4-5-6-7-8-9-10-11-12-13-14-18(21)15-19(22)16-23-17(2)20;1-14-9-5-3-8(4-6-11(12)13)7-10(9)15-2/h3,18-19,21-22H,1,4-16H2,2H3;1,18-19,21-22H,4-16H2,2H3;3-7H,1-2H3,(H,12,13). The van der Waals surface area contributed by atoms with E-state index >= 15 is 0 Å². The van der Waals surface area contributed by atoms with E-state index in [2.05, 4.69) is 12.5 Å². The molecule has 0 saturated heterocycles. The van der Waals surface area contributed by atoms with E-state index in [4.69, 9.17) is 30.5 Å². The van der Waals surface area contributed by atoms with Crippen molar-refractivity contribution in [3.63, 3.8) is 0 Å². The lowest BCUT2D eigenvalue weighted by Gasteiger charge is -2.15. The Balaban J connectivity index is 0. The van der Waals surface area contributed by atoms with Gasteiger partial charge in [0, 0.05) is 39.2 Å². The molecule has 5 N–H and O–H groups in total. The van der Waals surface area contributed by atoms with Gasteiger partial charge < -0.3 is 44.5 Å². The molecule has 0 heterocycles. The van der Waals surface area contributed by atoms with E-state index in [1.165, 1.54) is 111 Å². The molecule has 0 bridgehead atoms. The number of carboxylic acid groups (broad SMARTS) is 1. The largest absolute Gasteiger partial charge is 0.493 e. The molecule has 0 aliphatic rings. The van der Waals surface area contributed by atoms with Gasteiger partial charge in [0.2, 0.25) is 0 Å². The molecule has 4 unspecified atom stereocenters. The Kier molecular flexibility index (Phi) is 41.5. The molecule has 12 heteroatoms. The summed E-state index contributed by atoms with van der Waals surface area (Å²) >= 11 is 0. The van der Waals surface area contributed by atoms with E-state index in [0.717, 1.165) is 56.6 Å². The van der Waals surface area contributed by atoms with Crippen molar-refractivity contribution in [2.75, 3.05) is 27.4 Å². The minimum Gasteiger partial charge on any atom is -0.493 e. The molecule has 61 heavy (non-hydrogen) atoms. The Morgan fingerprint density at radius 1 is 0.639 bits per heavy atom. The summed E-state index contributed by atoms with van der Waals surface area (Å²) in [5.74, 6) is 2.06. The minimum atomic E-state index is -0.982. The van der Waals surface area contributed by atoms with E-state index in [1.54, 1.807) is 25.3 Å². The van der Waals surface area contributed by atoms with Crippen LogP contribution in [-0.2, 0) is 23.9 Å². The van der Waals surface area contributed by atoms with Gasteiger partial charge in [-0.15, -0.1) is 18.9 Å². The Labute approximate surface area is 368 Å². The molecule has 1 aromatic rings. The highest BCUT2D eigenvalue weighted by molar-refractivity contribution is 5.85. The van der Waals surface area contributed by atoms with Crippen molar-refractivity contribution >= 4 is 24.0 Å². The number of aliphatic hydroxyl groups excluding tert-OH is 4. The predicted octanol–water partition coefficient (Wildman–Crippen LogP) is 9.53. The highest BCUT2D eigenvalue weighted by Gasteiger charge is 2.14. The van der Waals surface area contributed by atoms with Gasteiger partial charge in [-0.05, 0) is 55.9 Å². The monoisotopic (exact) mass is 863 g/mol. The first kappa shape index (κ1) is 59.2. The van der Waals surface area contributed by atoms with Gasteiger partial charge in [0.1, 0.15) is 13.2 Å². The number of allylic oxidation sites excluding steroid dienone is 1. The van der Waals surface area contributed by atoms with Gasteiger partial charge in [0.25, 0.3) is 0 Å². The topological polar surface area (TPSA) is 189 Å². The van der Waals surface area contributed by atoms with Crippen LogP contribution in [0, 0.1) is 12.3 Å². The van der Waals surface area contributed by atoms with E-state index in [1.807, 2.05) is 6.08 Å². The van der Waals surface area contributed by atoms with Crippen molar-refractivity contribution in [3.05, 3.63) is 42.5 Å². The summed E-state index contributed by atoms with van der Waals surface area (Å²) in [6, 6.07) is 5.18. The number of carbonyl (C=O) groups excluding carboxylic acids is 2. The number of aliphatic hydroxyl groups is 4. The van der Waals surface area contributed by atoms with Crippen molar-refractivity contribution in [1.82, 2.24) is 0 Å². The predicted molar refractivity (Wildman–Crippen MR) is 243 cm³/mol. The van der Waals surface area contributed by atoms with E-state index in [0.29, 0.717) is 24.3 Å². The Morgan fingerprint density at radius 2 is 1.05 bits per heavy atom. The molecule has 0 aliphatic carbocycles. The van der Waals surface area contributed by atoms with Crippen molar-refractivity contribution in [3.8, 4) is 23.8 Å². The normalized spacial score (nSPS) is 12.6. The first-order valence-electron chi connectivity index (χ1n) is 22.5. The minimum absolute atomic E-state index is 0.0286. The molecule has 350 valence electrons. The molecular formula is C49H82O12. The van der Waals surface area contributed by atoms with Gasteiger partial charge in [-0.1, -0.05) is 115 Å². The number of aliphatic carboxylic acids is 1. The van der Waals surface area contributed by atoms with Gasteiger partial charge in [-0.25, -0.2) is 4.79 Å². The van der Waals surface area contributed by atoms with E-state index < -0.39 is 42.3 Å². The molecule has 4 atom stereocenters. The van der Waals surface area contributed by atoms with Gasteiger partial charge in [0.15, 0.2) is 11.5 Å². The number of esters is 2. The molecule has 0 amide bonds. The van der Waals surface area contributed by atoms with Crippen LogP contribution in [0.15, 0.2) is 36.9 Å². The number of carbonyl (C=O) groups is 3. The maximum absolute atomic E-state index is 10.6. The highest BCUT2D eigenvalue weighted by Crippen LogP contribution is 2.28. The summed E-state index contributed by atoms with van der Waals surface area (Å²) in [4.78, 5) is 31.5. The molecule has 0 radical (unpaired) electrons. The molecule has 0 aromatic heterocycles. The summed E-state index contributed by atoms with van der Waals surface area (Å²) in [5, 5.41) is 47.3. The average molecular weight is 863 g/mol. The van der Waals surface area contributed by atoms with Crippen LogP contribution >= 0.6 is 0 Å². The summed E-state index contributed by atoms with van der Waals surface area (Å²) in [5.41, 5.74) is 0.745. The van der Waals surface area contributed by atoms with Crippen molar-refractivity contribution < 1.29 is 58.9 Å². The van der Waals surface area contributed by atoms with Crippen LogP contribution in [0.3, 0.4) is 0 Å². The highest BCUT2D eigenvalue weighted by atomic mass is 16.5. The van der Waals surface area contributed by atoms with Crippen LogP contribution in [0.5, 0.6) is 11.5 Å². The van der Waals surface area contributed by atoms with Gasteiger partial charge in [-0.2, -0.15) is 0 Å². The van der Waals surface area contributed by atoms with Gasteiger partial charge in [-0.3, -0.25) is 9.59 Å². The molecule has 0 aliphatic heterocycles. The second kappa shape index (κ2) is 42.8. The number of methoxy groups -OCH3 is 2. The zero-order valence-electron chi connectivity index (χ0n) is 38.0. The Hall–Kier alpha value is -3.89. The second-order valence-corrected chi connectivity index (χ2v) is 15.5. The number of benzene rings is 1. The molecule has 0 spiro atoms. The summed E-state index contributed by atoms with van der Waals surface area (Å²) < 4.78 is 19.5. The zero-order valence-corrected chi connectivity index (χ0v) is 38.0. The lowest BCUT2D eigenvalue weighted by molar-refractivity contribution is -0.145. The van der Waals surface area contributed by atoms with Crippen LogP contribution < -0.4 is 9.47 Å². The third-order valence-electron chi connectivity index (χ3n) is 9.68. The van der Waals surface area contributed by atoms with Gasteiger partial charge in [0.05, 0.1) is 38.6 Å². The number of carboxylic acids is 1. The second-order valence-electron chi connectivity index (χ2n) is 15.5. The lowest BCUT2D eigenvalue weighted by atomic mass is 10.0. The quantitative estimate of drug-likeness (QED) is 0.0143. The number of rotatable bonds is 35. The molecule has 12 nitrogen and oxygen atoms in total. The summed E-state index contributed by atoms with van der Waals surface area (Å²) in [6.45, 7) is 6.28. The summed E-state index contributed by atoms with van der Waals surface area (Å²) in [7, 11) is 3.08.